The molecule has 1 aliphatic rings. The monoisotopic (exact) mass is 207 g/mol. The van der Waals surface area contributed by atoms with E-state index in [0.717, 1.165) is 5.56 Å². The minimum Gasteiger partial charge on any atom is -0.370 e. The van der Waals surface area contributed by atoms with Crippen molar-refractivity contribution in [2.75, 3.05) is 0 Å². The SMILES string of the molecule is NC(=NCc1cn[nH]c1)NC1CCCC1. The molecule has 5 nitrogen and oxygen atoms in total. The van der Waals surface area contributed by atoms with E-state index in [0.29, 0.717) is 18.5 Å². The average molecular weight is 207 g/mol. The first-order chi connectivity index (χ1) is 7.34. The van der Waals surface area contributed by atoms with Crippen molar-refractivity contribution in [3.8, 4) is 0 Å². The Morgan fingerprint density at radius 3 is 3.07 bits per heavy atom. The lowest BCUT2D eigenvalue weighted by molar-refractivity contribution is 0.625. The van der Waals surface area contributed by atoms with Gasteiger partial charge in [-0.1, -0.05) is 12.8 Å². The van der Waals surface area contributed by atoms with Crippen molar-refractivity contribution in [1.82, 2.24) is 15.5 Å². The smallest absolute Gasteiger partial charge is 0.189 e. The zero-order valence-corrected chi connectivity index (χ0v) is 8.74. The molecule has 1 aromatic rings. The number of aromatic nitrogens is 2. The number of hydrogen-bond donors (Lipinski definition) is 3. The summed E-state index contributed by atoms with van der Waals surface area (Å²) in [5, 5.41) is 9.83. The summed E-state index contributed by atoms with van der Waals surface area (Å²) < 4.78 is 0. The predicted molar refractivity (Wildman–Crippen MR) is 59.3 cm³/mol. The first kappa shape index (κ1) is 10.0. The van der Waals surface area contributed by atoms with Crippen molar-refractivity contribution >= 4 is 5.96 Å². The highest BCUT2D eigenvalue weighted by Gasteiger charge is 2.14. The van der Waals surface area contributed by atoms with Gasteiger partial charge in [0.1, 0.15) is 0 Å². The molecule has 1 aromatic heterocycles. The van der Waals surface area contributed by atoms with Gasteiger partial charge >= 0.3 is 0 Å². The highest BCUT2D eigenvalue weighted by atomic mass is 15.1. The number of guanidine groups is 1. The fourth-order valence-corrected chi connectivity index (χ4v) is 1.87. The molecule has 1 fully saturated rings. The van der Waals surface area contributed by atoms with Crippen LogP contribution in [0.3, 0.4) is 0 Å². The molecule has 15 heavy (non-hydrogen) atoms. The van der Waals surface area contributed by atoms with Crippen LogP contribution in [0.2, 0.25) is 0 Å². The molecule has 2 rings (SSSR count). The van der Waals surface area contributed by atoms with Crippen LogP contribution in [0.15, 0.2) is 17.4 Å². The third kappa shape index (κ3) is 2.97. The molecule has 0 bridgehead atoms. The lowest BCUT2D eigenvalue weighted by Crippen LogP contribution is -2.38. The lowest BCUT2D eigenvalue weighted by atomic mass is 10.2. The van der Waals surface area contributed by atoms with Crippen molar-refractivity contribution in [2.24, 2.45) is 10.7 Å². The quantitative estimate of drug-likeness (QED) is 0.505. The first-order valence-corrected chi connectivity index (χ1v) is 5.39. The highest BCUT2D eigenvalue weighted by Crippen LogP contribution is 2.17. The summed E-state index contributed by atoms with van der Waals surface area (Å²) in [4.78, 5) is 4.25. The Bertz CT molecular complexity index is 311. The number of nitrogens with one attached hydrogen (secondary N) is 2. The number of hydrogen-bond acceptors (Lipinski definition) is 2. The number of aliphatic imine (C=N–C) groups is 1. The van der Waals surface area contributed by atoms with E-state index in [-0.39, 0.29) is 0 Å². The van der Waals surface area contributed by atoms with Gasteiger partial charge in [-0.25, -0.2) is 4.99 Å². The van der Waals surface area contributed by atoms with Gasteiger partial charge in [0.05, 0.1) is 12.7 Å². The van der Waals surface area contributed by atoms with E-state index in [1.807, 2.05) is 6.20 Å². The summed E-state index contributed by atoms with van der Waals surface area (Å²) in [5.41, 5.74) is 6.83. The Labute approximate surface area is 89.2 Å². The second kappa shape index (κ2) is 4.82. The Morgan fingerprint density at radius 1 is 1.60 bits per heavy atom. The van der Waals surface area contributed by atoms with E-state index < -0.39 is 0 Å². The number of nitrogens with two attached hydrogens (primary N) is 1. The maximum atomic E-state index is 5.78. The van der Waals surface area contributed by atoms with Gasteiger partial charge in [0, 0.05) is 17.8 Å². The van der Waals surface area contributed by atoms with Crippen molar-refractivity contribution in [2.45, 2.75) is 38.3 Å². The largest absolute Gasteiger partial charge is 0.370 e. The van der Waals surface area contributed by atoms with Crippen molar-refractivity contribution in [3.63, 3.8) is 0 Å². The molecule has 0 aromatic carbocycles. The summed E-state index contributed by atoms with van der Waals surface area (Å²) in [6, 6.07) is 0.526. The van der Waals surface area contributed by atoms with E-state index in [4.69, 9.17) is 5.73 Å². The molecule has 0 spiro atoms. The van der Waals surface area contributed by atoms with Gasteiger partial charge in [0.2, 0.25) is 0 Å². The molecule has 82 valence electrons. The summed E-state index contributed by atoms with van der Waals surface area (Å²) in [7, 11) is 0. The third-order valence-electron chi connectivity index (χ3n) is 2.69. The minimum atomic E-state index is 0.526. The van der Waals surface area contributed by atoms with Crippen LogP contribution < -0.4 is 11.1 Å². The molecule has 1 heterocycles. The standard InChI is InChI=1S/C10H17N5/c11-10(15-9-3-1-2-4-9)12-5-8-6-13-14-7-8/h6-7,9H,1-5H2,(H,13,14)(H3,11,12,15). The van der Waals surface area contributed by atoms with Gasteiger partial charge < -0.3 is 11.1 Å². The van der Waals surface area contributed by atoms with Gasteiger partial charge in [-0.3, -0.25) is 5.10 Å². The number of aromatic amines is 1. The summed E-state index contributed by atoms with van der Waals surface area (Å²) in [5.74, 6) is 0.545. The fraction of sp³-hybridized carbons (Fsp3) is 0.600. The van der Waals surface area contributed by atoms with Crippen LogP contribution in [0.5, 0.6) is 0 Å². The molecule has 1 saturated carbocycles. The minimum absolute atomic E-state index is 0.526. The molecule has 0 radical (unpaired) electrons. The number of rotatable bonds is 3. The van der Waals surface area contributed by atoms with Crippen LogP contribution in [0.4, 0.5) is 0 Å². The van der Waals surface area contributed by atoms with Gasteiger partial charge in [0.15, 0.2) is 5.96 Å². The molecular formula is C10H17N5. The third-order valence-corrected chi connectivity index (χ3v) is 2.69. The summed E-state index contributed by atoms with van der Waals surface area (Å²) in [6.07, 6.45) is 8.60. The van der Waals surface area contributed by atoms with Crippen molar-refractivity contribution < 1.29 is 0 Å². The second-order valence-corrected chi connectivity index (χ2v) is 3.93. The molecule has 4 N–H and O–H groups in total. The van der Waals surface area contributed by atoms with Crippen LogP contribution in [-0.4, -0.2) is 22.2 Å². The predicted octanol–water partition coefficient (Wildman–Crippen LogP) is 0.757. The molecular weight excluding hydrogens is 190 g/mol. The van der Waals surface area contributed by atoms with Crippen LogP contribution in [0.25, 0.3) is 0 Å². The van der Waals surface area contributed by atoms with Crippen molar-refractivity contribution in [3.05, 3.63) is 18.0 Å². The topological polar surface area (TPSA) is 79.1 Å². The number of H-pyrrole nitrogens is 1. The molecule has 0 aliphatic heterocycles. The highest BCUT2D eigenvalue weighted by molar-refractivity contribution is 5.78. The van der Waals surface area contributed by atoms with Gasteiger partial charge in [-0.05, 0) is 12.8 Å². The van der Waals surface area contributed by atoms with E-state index in [2.05, 4.69) is 20.5 Å². The Kier molecular flexibility index (Phi) is 3.22. The molecule has 0 saturated heterocycles. The van der Waals surface area contributed by atoms with Gasteiger partial charge in [-0.2, -0.15) is 5.10 Å². The van der Waals surface area contributed by atoms with Gasteiger partial charge in [0.25, 0.3) is 0 Å². The zero-order valence-electron chi connectivity index (χ0n) is 8.74. The molecule has 5 heteroatoms. The van der Waals surface area contributed by atoms with E-state index in [1.165, 1.54) is 25.7 Å². The summed E-state index contributed by atoms with van der Waals surface area (Å²) >= 11 is 0. The normalized spacial score (nSPS) is 18.3. The maximum absolute atomic E-state index is 5.78. The van der Waals surface area contributed by atoms with Gasteiger partial charge in [-0.15, -0.1) is 0 Å². The Morgan fingerprint density at radius 2 is 2.40 bits per heavy atom. The van der Waals surface area contributed by atoms with Crippen LogP contribution >= 0.6 is 0 Å². The number of nitrogens with zero attached hydrogens (tertiary/aromatic N) is 2. The molecule has 0 unspecified atom stereocenters. The van der Waals surface area contributed by atoms with E-state index in [1.54, 1.807) is 6.20 Å². The fourth-order valence-electron chi connectivity index (χ4n) is 1.87. The molecule has 0 amide bonds. The van der Waals surface area contributed by atoms with Crippen LogP contribution in [-0.2, 0) is 6.54 Å². The maximum Gasteiger partial charge on any atom is 0.189 e. The van der Waals surface area contributed by atoms with Crippen molar-refractivity contribution in [1.29, 1.82) is 0 Å². The average Bonchev–Trinajstić information content (AvgIpc) is 2.86. The summed E-state index contributed by atoms with van der Waals surface area (Å²) in [6.45, 7) is 0.585. The Hall–Kier alpha value is -1.52. The van der Waals surface area contributed by atoms with Crippen LogP contribution in [0.1, 0.15) is 31.2 Å². The first-order valence-electron chi connectivity index (χ1n) is 5.39. The Balaban J connectivity index is 1.79. The lowest BCUT2D eigenvalue weighted by Gasteiger charge is -2.11. The van der Waals surface area contributed by atoms with Crippen LogP contribution in [0, 0.1) is 0 Å². The van der Waals surface area contributed by atoms with E-state index >= 15 is 0 Å². The molecule has 0 atom stereocenters. The molecule has 1 aliphatic carbocycles. The van der Waals surface area contributed by atoms with E-state index in [9.17, 15) is 0 Å². The second-order valence-electron chi connectivity index (χ2n) is 3.93. The zero-order chi connectivity index (χ0) is 10.5.